The van der Waals surface area contributed by atoms with Gasteiger partial charge in [-0.05, 0) is 58.2 Å². The van der Waals surface area contributed by atoms with Crippen LogP contribution in [0.15, 0.2) is 41.6 Å². The molecule has 0 atom stereocenters. The number of hydrazone groups is 1. The van der Waals surface area contributed by atoms with Gasteiger partial charge in [0.2, 0.25) is 0 Å². The van der Waals surface area contributed by atoms with E-state index in [-0.39, 0.29) is 19.3 Å². The molecule has 9 heteroatoms. The Morgan fingerprint density at radius 3 is 2.32 bits per heavy atom. The third-order valence-corrected chi connectivity index (χ3v) is 5.15. The van der Waals surface area contributed by atoms with Gasteiger partial charge in [0, 0.05) is 39.3 Å². The Hall–Kier alpha value is -3.49. The predicted molar refractivity (Wildman–Crippen MR) is 155 cm³/mol. The quantitative estimate of drug-likeness (QED) is 0.487. The van der Waals surface area contributed by atoms with Gasteiger partial charge >= 0.3 is 5.97 Å². The van der Waals surface area contributed by atoms with E-state index >= 15 is 0 Å². The molecule has 1 aliphatic rings. The van der Waals surface area contributed by atoms with Crippen molar-refractivity contribution in [1.29, 1.82) is 0 Å². The van der Waals surface area contributed by atoms with Gasteiger partial charge < -0.3 is 14.6 Å². The molecule has 1 N–H and O–H groups in total. The lowest BCUT2D eigenvalue weighted by molar-refractivity contribution is -0.148. The molecule has 9 nitrogen and oxygen atoms in total. The van der Waals surface area contributed by atoms with Crippen LogP contribution in [0.5, 0.6) is 0 Å². The van der Waals surface area contributed by atoms with Crippen LogP contribution in [0.2, 0.25) is 0 Å². The monoisotopic (exact) mass is 529 g/mol. The number of fused-ring (bicyclic) bond motifs is 1. The molecule has 0 spiro atoms. The number of Topliss-reactive ketones (excluding diaryl/α,β-unsaturated/α-hetero) is 1. The van der Waals surface area contributed by atoms with Crippen LogP contribution >= 0.6 is 0 Å². The van der Waals surface area contributed by atoms with Crippen molar-refractivity contribution >= 4 is 34.4 Å². The molecule has 0 radical (unpaired) electrons. The van der Waals surface area contributed by atoms with Crippen LogP contribution in [-0.4, -0.2) is 51.5 Å². The van der Waals surface area contributed by atoms with E-state index in [0.29, 0.717) is 6.54 Å². The number of carbonyl (C=O) groups is 3. The fourth-order valence-corrected chi connectivity index (χ4v) is 3.35. The van der Waals surface area contributed by atoms with E-state index in [4.69, 9.17) is 4.74 Å². The van der Waals surface area contributed by atoms with Crippen LogP contribution in [0.3, 0.4) is 0 Å². The maximum absolute atomic E-state index is 12.2. The molecule has 0 aromatic carbocycles. The molecule has 0 fully saturated rings. The van der Waals surface area contributed by atoms with E-state index in [2.05, 4.69) is 59.9 Å². The Balaban J connectivity index is 0.000000717. The molecule has 1 amide bonds. The Morgan fingerprint density at radius 2 is 1.76 bits per heavy atom. The fraction of sp³-hybridized carbons (Fsp3) is 0.552. The maximum Gasteiger partial charge on any atom is 0.316 e. The lowest BCUT2D eigenvalue weighted by Gasteiger charge is -2.18. The minimum absolute atomic E-state index is 0. The van der Waals surface area contributed by atoms with Crippen LogP contribution in [0.25, 0.3) is 11.0 Å². The normalized spacial score (nSPS) is 13.3. The van der Waals surface area contributed by atoms with Crippen molar-refractivity contribution < 1.29 is 20.5 Å². The molecule has 0 unspecified atom stereocenters. The number of aromatic nitrogens is 2. The molecule has 3 rings (SSSR count). The van der Waals surface area contributed by atoms with Crippen molar-refractivity contribution in [3.05, 3.63) is 42.0 Å². The van der Waals surface area contributed by atoms with Crippen molar-refractivity contribution in [2.24, 2.45) is 10.5 Å². The van der Waals surface area contributed by atoms with Crippen LogP contribution in [0, 0.1) is 12.3 Å². The summed E-state index contributed by atoms with van der Waals surface area (Å²) in [6.07, 6.45) is 8.53. The molecule has 38 heavy (non-hydrogen) atoms. The highest BCUT2D eigenvalue weighted by atomic mass is 16.5. The van der Waals surface area contributed by atoms with Crippen LogP contribution in [-0.2, 0) is 25.7 Å². The number of carbonyl (C=O) groups excluding carboxylic acids is 3. The number of pyridine rings is 1. The highest BCUT2D eigenvalue weighted by Gasteiger charge is 2.29. The summed E-state index contributed by atoms with van der Waals surface area (Å²) >= 11 is 0. The van der Waals surface area contributed by atoms with Gasteiger partial charge in [-0.1, -0.05) is 34.1 Å². The van der Waals surface area contributed by atoms with E-state index in [0.717, 1.165) is 25.0 Å². The van der Waals surface area contributed by atoms with Crippen molar-refractivity contribution in [3.63, 3.8) is 0 Å². The van der Waals surface area contributed by atoms with Gasteiger partial charge in [-0.3, -0.25) is 19.4 Å². The van der Waals surface area contributed by atoms with Crippen LogP contribution in [0.1, 0.15) is 81.1 Å². The van der Waals surface area contributed by atoms with Gasteiger partial charge in [0.05, 0.1) is 18.0 Å². The van der Waals surface area contributed by atoms with Crippen molar-refractivity contribution in [1.82, 2.24) is 19.9 Å². The molecule has 0 saturated carbocycles. The zero-order chi connectivity index (χ0) is 28.9. The zero-order valence-corrected chi connectivity index (χ0v) is 24.6. The van der Waals surface area contributed by atoms with Gasteiger partial charge in [0.25, 0.3) is 5.91 Å². The maximum atomic E-state index is 12.2. The largest absolute Gasteiger partial charge is 0.429 e. The third-order valence-electron chi connectivity index (χ3n) is 5.15. The molecule has 3 heterocycles. The van der Waals surface area contributed by atoms with E-state index < -0.39 is 23.1 Å². The summed E-state index contributed by atoms with van der Waals surface area (Å²) in [5.74, 6) is -1.28. The SMILES string of the molecule is CCC.CCCN1C=C(OC(=O)C(C)(C)C)CC(=O)C(C(=O)NC)=N1.CCCn1cc(C)c2cccnc21.[HH]. The van der Waals surface area contributed by atoms with Crippen LogP contribution < -0.4 is 5.32 Å². The lowest BCUT2D eigenvalue weighted by atomic mass is 9.97. The minimum atomic E-state index is -0.684. The number of nitrogens with one attached hydrogen (secondary N) is 1. The van der Waals surface area contributed by atoms with Crippen molar-refractivity contribution in [2.75, 3.05) is 13.6 Å². The Morgan fingerprint density at radius 1 is 1.13 bits per heavy atom. The average Bonchev–Trinajstić information content (AvgIpc) is 3.08. The lowest BCUT2D eigenvalue weighted by Crippen LogP contribution is -2.34. The molecule has 0 aliphatic carbocycles. The van der Waals surface area contributed by atoms with E-state index in [1.165, 1.54) is 35.6 Å². The summed E-state index contributed by atoms with van der Waals surface area (Å²) in [4.78, 5) is 40.3. The van der Waals surface area contributed by atoms with Crippen molar-refractivity contribution in [3.8, 4) is 0 Å². The number of ether oxygens (including phenoxy) is 1. The Labute approximate surface area is 228 Å². The summed E-state index contributed by atoms with van der Waals surface area (Å²) in [5.41, 5.74) is 1.56. The molecule has 212 valence electrons. The standard InChI is InChI=1S/C15H23N3O4.C11H14N2.C3H8.H2/c1-6-7-18-9-10(22-14(21)15(2,3)4)8-11(19)12(17-18)13(20)16-5;1-3-7-13-8-9(2)10-5-4-6-12-11(10)13;1-3-2;/h9H,6-8H2,1-5H3,(H,16,20);4-6,8H,3,7H2,1-2H3;3H2,1-2H3;1H. The number of nitrogens with zero attached hydrogens (tertiary/aromatic N) is 4. The molecule has 2 aromatic rings. The first-order valence-corrected chi connectivity index (χ1v) is 13.4. The average molecular weight is 530 g/mol. The number of esters is 1. The smallest absolute Gasteiger partial charge is 0.316 e. The van der Waals surface area contributed by atoms with Gasteiger partial charge in [0.15, 0.2) is 11.5 Å². The number of rotatable bonds is 6. The number of aryl methyl sites for hydroxylation is 2. The number of hydrogen-bond donors (Lipinski definition) is 1. The van der Waals surface area contributed by atoms with Gasteiger partial charge in [-0.2, -0.15) is 5.10 Å². The predicted octanol–water partition coefficient (Wildman–Crippen LogP) is 5.62. The van der Waals surface area contributed by atoms with Gasteiger partial charge in [0.1, 0.15) is 11.4 Å². The molecule has 1 aliphatic heterocycles. The number of amides is 1. The number of ketones is 1. The first-order valence-electron chi connectivity index (χ1n) is 13.4. The number of allylic oxidation sites excluding steroid dienone is 1. The van der Waals surface area contributed by atoms with Gasteiger partial charge in [-0.15, -0.1) is 0 Å². The second-order valence-corrected chi connectivity index (χ2v) is 10.1. The molecule has 2 aromatic heterocycles. The summed E-state index contributed by atoms with van der Waals surface area (Å²) in [5, 5.41) is 9.18. The van der Waals surface area contributed by atoms with Gasteiger partial charge in [-0.25, -0.2) is 4.98 Å². The highest BCUT2D eigenvalue weighted by Crippen LogP contribution is 2.21. The third kappa shape index (κ3) is 9.76. The molecule has 0 bridgehead atoms. The topological polar surface area (TPSA) is 106 Å². The van der Waals surface area contributed by atoms with E-state index in [9.17, 15) is 14.4 Å². The second kappa shape index (κ2) is 15.7. The van der Waals surface area contributed by atoms with E-state index in [1.807, 2.05) is 19.2 Å². The second-order valence-electron chi connectivity index (χ2n) is 10.1. The first kappa shape index (κ1) is 32.5. The summed E-state index contributed by atoms with van der Waals surface area (Å²) in [7, 11) is 1.43. The van der Waals surface area contributed by atoms with Crippen molar-refractivity contribution in [2.45, 2.75) is 87.6 Å². The van der Waals surface area contributed by atoms with E-state index in [1.54, 1.807) is 20.8 Å². The van der Waals surface area contributed by atoms with Crippen LogP contribution in [0.4, 0.5) is 0 Å². The summed E-state index contributed by atoms with van der Waals surface area (Å²) < 4.78 is 7.53. The first-order chi connectivity index (χ1) is 17.9. The molecular weight excluding hydrogens is 482 g/mol. The molecule has 0 saturated heterocycles. The molecular formula is C29H47N5O4. The summed E-state index contributed by atoms with van der Waals surface area (Å²) in [6, 6.07) is 4.12. The zero-order valence-electron chi connectivity index (χ0n) is 24.6. The Kier molecular flexibility index (Phi) is 13.4. The fourth-order valence-electron chi connectivity index (χ4n) is 3.35. The Bertz CT molecular complexity index is 1150. The number of hydrogen-bond acceptors (Lipinski definition) is 7. The highest BCUT2D eigenvalue weighted by molar-refractivity contribution is 6.65. The minimum Gasteiger partial charge on any atom is -0.429 e. The summed E-state index contributed by atoms with van der Waals surface area (Å²) in [6.45, 7) is 17.3.